The Kier molecular flexibility index (Phi) is 6.56. The van der Waals surface area contributed by atoms with Gasteiger partial charge in [0, 0.05) is 10.5 Å². The second kappa shape index (κ2) is 6.82. The third-order valence-corrected chi connectivity index (χ3v) is 2.32. The van der Waals surface area contributed by atoms with Crippen LogP contribution < -0.4 is 5.73 Å². The first-order valence-electron chi connectivity index (χ1n) is 4.30. The molecule has 5 heteroatoms. The van der Waals surface area contributed by atoms with Gasteiger partial charge in [-0.3, -0.25) is 4.79 Å². The fraction of sp³-hybridized carbons (Fsp3) is 0.300. The SMILES string of the molecule is Cl.N[C@@H](CC(=O)O)Cc1cccc(Br)c1. The Morgan fingerprint density at radius 1 is 1.53 bits per heavy atom. The molecule has 0 amide bonds. The number of halogens is 2. The molecule has 15 heavy (non-hydrogen) atoms. The van der Waals surface area contributed by atoms with Gasteiger partial charge >= 0.3 is 5.97 Å². The van der Waals surface area contributed by atoms with Crippen LogP contribution in [0.2, 0.25) is 0 Å². The smallest absolute Gasteiger partial charge is 0.304 e. The minimum Gasteiger partial charge on any atom is -0.481 e. The summed E-state index contributed by atoms with van der Waals surface area (Å²) in [5.74, 6) is -0.854. The van der Waals surface area contributed by atoms with E-state index in [1.165, 1.54) is 0 Å². The van der Waals surface area contributed by atoms with Crippen molar-refractivity contribution in [3.8, 4) is 0 Å². The summed E-state index contributed by atoms with van der Waals surface area (Å²) in [5, 5.41) is 8.53. The largest absolute Gasteiger partial charge is 0.481 e. The second-order valence-electron chi connectivity index (χ2n) is 3.19. The number of carboxylic acid groups (broad SMARTS) is 1. The highest BCUT2D eigenvalue weighted by Gasteiger charge is 2.08. The van der Waals surface area contributed by atoms with Gasteiger partial charge in [0.2, 0.25) is 0 Å². The number of hydrogen-bond acceptors (Lipinski definition) is 2. The Morgan fingerprint density at radius 3 is 2.73 bits per heavy atom. The molecule has 84 valence electrons. The van der Waals surface area contributed by atoms with Crippen LogP contribution in [0.25, 0.3) is 0 Å². The van der Waals surface area contributed by atoms with E-state index in [9.17, 15) is 4.79 Å². The molecule has 0 aliphatic carbocycles. The van der Waals surface area contributed by atoms with E-state index in [0.29, 0.717) is 6.42 Å². The van der Waals surface area contributed by atoms with Crippen LogP contribution in [0.15, 0.2) is 28.7 Å². The van der Waals surface area contributed by atoms with Crippen molar-refractivity contribution in [1.29, 1.82) is 0 Å². The lowest BCUT2D eigenvalue weighted by atomic mass is 10.0. The van der Waals surface area contributed by atoms with Crippen molar-refractivity contribution in [3.05, 3.63) is 34.3 Å². The number of nitrogens with two attached hydrogens (primary N) is 1. The summed E-state index contributed by atoms with van der Waals surface area (Å²) in [6, 6.07) is 7.40. The fourth-order valence-electron chi connectivity index (χ4n) is 1.26. The predicted molar refractivity (Wildman–Crippen MR) is 65.3 cm³/mol. The molecular weight excluding hydrogens is 281 g/mol. The van der Waals surface area contributed by atoms with Crippen LogP contribution in [0.3, 0.4) is 0 Å². The number of carbonyl (C=O) groups is 1. The van der Waals surface area contributed by atoms with Gasteiger partial charge in [-0.25, -0.2) is 0 Å². The molecule has 1 aromatic rings. The van der Waals surface area contributed by atoms with Gasteiger partial charge in [0.25, 0.3) is 0 Å². The van der Waals surface area contributed by atoms with Crippen LogP contribution in [-0.2, 0) is 11.2 Å². The first-order chi connectivity index (χ1) is 6.58. The molecule has 1 aromatic carbocycles. The maximum atomic E-state index is 10.4. The van der Waals surface area contributed by atoms with Gasteiger partial charge in [-0.2, -0.15) is 0 Å². The number of benzene rings is 1. The van der Waals surface area contributed by atoms with Crippen molar-refractivity contribution >= 4 is 34.3 Å². The highest BCUT2D eigenvalue weighted by molar-refractivity contribution is 9.10. The molecule has 3 N–H and O–H groups in total. The minimum absolute atomic E-state index is 0. The monoisotopic (exact) mass is 293 g/mol. The normalized spacial score (nSPS) is 11.6. The summed E-state index contributed by atoms with van der Waals surface area (Å²) in [7, 11) is 0. The summed E-state index contributed by atoms with van der Waals surface area (Å²) in [5.41, 5.74) is 6.71. The van der Waals surface area contributed by atoms with Crippen molar-refractivity contribution in [2.24, 2.45) is 5.73 Å². The molecule has 0 heterocycles. The second-order valence-corrected chi connectivity index (χ2v) is 4.11. The first-order valence-corrected chi connectivity index (χ1v) is 5.09. The third kappa shape index (κ3) is 5.77. The molecule has 0 bridgehead atoms. The van der Waals surface area contributed by atoms with Crippen LogP contribution >= 0.6 is 28.3 Å². The summed E-state index contributed by atoms with van der Waals surface area (Å²) < 4.78 is 0.984. The Labute approximate surface area is 103 Å². The Bertz CT molecular complexity index is 333. The molecule has 0 spiro atoms. The van der Waals surface area contributed by atoms with E-state index in [0.717, 1.165) is 10.0 Å². The first kappa shape index (κ1) is 14.4. The number of aliphatic carboxylic acids is 1. The molecule has 0 unspecified atom stereocenters. The molecule has 0 aromatic heterocycles. The van der Waals surface area contributed by atoms with Crippen molar-refractivity contribution < 1.29 is 9.90 Å². The average molecular weight is 295 g/mol. The quantitative estimate of drug-likeness (QED) is 0.895. The van der Waals surface area contributed by atoms with Gasteiger partial charge in [-0.05, 0) is 24.1 Å². The summed E-state index contributed by atoms with van der Waals surface area (Å²) in [4.78, 5) is 10.4. The molecule has 1 atom stereocenters. The highest BCUT2D eigenvalue weighted by Crippen LogP contribution is 2.13. The maximum Gasteiger partial charge on any atom is 0.304 e. The van der Waals surface area contributed by atoms with Crippen LogP contribution in [0.4, 0.5) is 0 Å². The Morgan fingerprint density at radius 2 is 2.20 bits per heavy atom. The molecule has 0 aliphatic heterocycles. The maximum absolute atomic E-state index is 10.4. The lowest BCUT2D eigenvalue weighted by Gasteiger charge is -2.08. The Hall–Kier alpha value is -0.580. The molecular formula is C10H13BrClNO2. The van der Waals surface area contributed by atoms with E-state index in [4.69, 9.17) is 10.8 Å². The van der Waals surface area contributed by atoms with Crippen LogP contribution in [0.5, 0.6) is 0 Å². The molecule has 3 nitrogen and oxygen atoms in total. The van der Waals surface area contributed by atoms with E-state index < -0.39 is 5.97 Å². The number of hydrogen-bond donors (Lipinski definition) is 2. The van der Waals surface area contributed by atoms with E-state index in [1.807, 2.05) is 24.3 Å². The highest BCUT2D eigenvalue weighted by atomic mass is 79.9. The van der Waals surface area contributed by atoms with E-state index in [-0.39, 0.29) is 24.9 Å². The molecule has 0 saturated carbocycles. The number of rotatable bonds is 4. The lowest BCUT2D eigenvalue weighted by molar-refractivity contribution is -0.137. The average Bonchev–Trinajstić information content (AvgIpc) is 2.01. The van der Waals surface area contributed by atoms with E-state index in [1.54, 1.807) is 0 Å². The van der Waals surface area contributed by atoms with Gasteiger partial charge in [0.1, 0.15) is 0 Å². The zero-order chi connectivity index (χ0) is 10.6. The summed E-state index contributed by atoms with van der Waals surface area (Å²) in [6.07, 6.45) is 0.595. The minimum atomic E-state index is -0.854. The molecule has 0 saturated heterocycles. The van der Waals surface area contributed by atoms with Crippen LogP contribution in [0, 0.1) is 0 Å². The van der Waals surface area contributed by atoms with Crippen molar-refractivity contribution in [1.82, 2.24) is 0 Å². The Balaban J connectivity index is 0.00000196. The van der Waals surface area contributed by atoms with Gasteiger partial charge in [-0.15, -0.1) is 12.4 Å². The van der Waals surface area contributed by atoms with Gasteiger partial charge in [0.15, 0.2) is 0 Å². The summed E-state index contributed by atoms with van der Waals surface area (Å²) >= 11 is 3.35. The van der Waals surface area contributed by atoms with Gasteiger partial charge in [0.05, 0.1) is 6.42 Å². The van der Waals surface area contributed by atoms with Crippen molar-refractivity contribution in [2.45, 2.75) is 18.9 Å². The molecule has 0 aliphatic rings. The zero-order valence-corrected chi connectivity index (χ0v) is 10.4. The van der Waals surface area contributed by atoms with Crippen LogP contribution in [-0.4, -0.2) is 17.1 Å². The van der Waals surface area contributed by atoms with Gasteiger partial charge < -0.3 is 10.8 Å². The molecule has 1 rings (SSSR count). The third-order valence-electron chi connectivity index (χ3n) is 1.82. The van der Waals surface area contributed by atoms with Crippen LogP contribution in [0.1, 0.15) is 12.0 Å². The standard InChI is InChI=1S/C10H12BrNO2.ClH/c11-8-3-1-2-7(4-8)5-9(12)6-10(13)14;/h1-4,9H,5-6,12H2,(H,13,14);1H/t9-;/m1./s1. The van der Waals surface area contributed by atoms with E-state index in [2.05, 4.69) is 15.9 Å². The topological polar surface area (TPSA) is 63.3 Å². The van der Waals surface area contributed by atoms with E-state index >= 15 is 0 Å². The van der Waals surface area contributed by atoms with Crippen molar-refractivity contribution in [3.63, 3.8) is 0 Å². The van der Waals surface area contributed by atoms with Crippen molar-refractivity contribution in [2.75, 3.05) is 0 Å². The van der Waals surface area contributed by atoms with Gasteiger partial charge in [-0.1, -0.05) is 28.1 Å². The molecule has 0 radical (unpaired) electrons. The predicted octanol–water partition coefficient (Wildman–Crippen LogP) is 2.22. The number of carboxylic acids is 1. The lowest BCUT2D eigenvalue weighted by Crippen LogP contribution is -2.26. The molecule has 0 fully saturated rings. The summed E-state index contributed by atoms with van der Waals surface area (Å²) in [6.45, 7) is 0. The fourth-order valence-corrected chi connectivity index (χ4v) is 1.71. The zero-order valence-electron chi connectivity index (χ0n) is 8.02.